The third kappa shape index (κ3) is 3.04. The normalized spacial score (nSPS) is 24.7. The van der Waals surface area contributed by atoms with Gasteiger partial charge in [0.05, 0.1) is 0 Å². The number of carboxylic acid groups (broad SMARTS) is 1. The van der Waals surface area contributed by atoms with Crippen molar-refractivity contribution in [2.75, 3.05) is 13.1 Å². The van der Waals surface area contributed by atoms with Crippen LogP contribution >= 0.6 is 0 Å². The summed E-state index contributed by atoms with van der Waals surface area (Å²) in [5.41, 5.74) is 4.21. The number of nitrogens with two attached hydrogens (primary N) is 1. The van der Waals surface area contributed by atoms with Crippen molar-refractivity contribution in [3.05, 3.63) is 0 Å². The van der Waals surface area contributed by atoms with Gasteiger partial charge in [-0.3, -0.25) is 4.79 Å². The summed E-state index contributed by atoms with van der Waals surface area (Å²) in [6.07, 6.45) is 3.49. The molecule has 0 aromatic rings. The lowest BCUT2D eigenvalue weighted by Gasteiger charge is -2.31. The molecule has 1 heterocycles. The summed E-state index contributed by atoms with van der Waals surface area (Å²) in [5, 5.41) is 12.5. The van der Waals surface area contributed by atoms with Crippen LogP contribution in [0.3, 0.4) is 0 Å². The summed E-state index contributed by atoms with van der Waals surface area (Å²) < 4.78 is 0. The maximum absolute atomic E-state index is 12.0. The van der Waals surface area contributed by atoms with E-state index in [0.29, 0.717) is 19.4 Å². The highest BCUT2D eigenvalue weighted by atomic mass is 16.4. The van der Waals surface area contributed by atoms with Gasteiger partial charge in [0, 0.05) is 18.9 Å². The van der Waals surface area contributed by atoms with Gasteiger partial charge in [0.1, 0.15) is 0 Å². The third-order valence-corrected chi connectivity index (χ3v) is 3.48. The minimum absolute atomic E-state index is 0.235. The topological polar surface area (TPSA) is 92.4 Å². The van der Waals surface area contributed by atoms with E-state index < -0.39 is 11.5 Å². The Labute approximate surface area is 102 Å². The molecule has 2 atom stereocenters. The van der Waals surface area contributed by atoms with Crippen LogP contribution in [0.25, 0.3) is 0 Å². The first-order valence-corrected chi connectivity index (χ1v) is 6.29. The number of hydrogen-bond donors (Lipinski definition) is 3. The number of hydrogen-bond acceptors (Lipinski definition) is 4. The van der Waals surface area contributed by atoms with Crippen molar-refractivity contribution in [3.63, 3.8) is 0 Å². The Bertz CT molecular complexity index is 285. The zero-order valence-electron chi connectivity index (χ0n) is 10.4. The second-order valence-electron chi connectivity index (χ2n) is 4.74. The van der Waals surface area contributed by atoms with Crippen LogP contribution in [-0.4, -0.2) is 35.5 Å². The number of carboxylic acids is 1. The van der Waals surface area contributed by atoms with E-state index in [9.17, 15) is 14.7 Å². The first-order valence-electron chi connectivity index (χ1n) is 6.29. The molecule has 2 unspecified atom stereocenters. The van der Waals surface area contributed by atoms with Gasteiger partial charge in [-0.2, -0.15) is 0 Å². The fraction of sp³-hybridized carbons (Fsp3) is 0.833. The van der Waals surface area contributed by atoms with Crippen molar-refractivity contribution < 1.29 is 14.7 Å². The molecular formula is C12H22N2O3. The average molecular weight is 242 g/mol. The quantitative estimate of drug-likeness (QED) is 0.611. The van der Waals surface area contributed by atoms with Crippen molar-refractivity contribution in [2.24, 2.45) is 11.7 Å². The van der Waals surface area contributed by atoms with Gasteiger partial charge in [0.25, 0.3) is 0 Å². The Balaban J connectivity index is 2.88. The van der Waals surface area contributed by atoms with E-state index in [1.54, 1.807) is 0 Å². The molecule has 1 aliphatic heterocycles. The molecule has 5 nitrogen and oxygen atoms in total. The first-order chi connectivity index (χ1) is 8.03. The van der Waals surface area contributed by atoms with E-state index in [1.165, 1.54) is 0 Å². The van der Waals surface area contributed by atoms with E-state index in [-0.39, 0.29) is 18.1 Å². The Morgan fingerprint density at radius 1 is 1.47 bits per heavy atom. The van der Waals surface area contributed by atoms with Gasteiger partial charge in [-0.1, -0.05) is 13.3 Å². The highest BCUT2D eigenvalue weighted by Crippen LogP contribution is 2.25. The van der Waals surface area contributed by atoms with Crippen molar-refractivity contribution in [3.8, 4) is 0 Å². The number of nitrogens with one attached hydrogen (secondary N) is 1. The van der Waals surface area contributed by atoms with Crippen molar-refractivity contribution >= 4 is 11.8 Å². The highest BCUT2D eigenvalue weighted by molar-refractivity contribution is 6.07. The molecule has 1 rings (SSSR count). The van der Waals surface area contributed by atoms with Gasteiger partial charge < -0.3 is 16.2 Å². The zero-order chi connectivity index (χ0) is 12.9. The van der Waals surface area contributed by atoms with E-state index in [0.717, 1.165) is 19.4 Å². The van der Waals surface area contributed by atoms with Crippen LogP contribution in [0.5, 0.6) is 0 Å². The maximum Gasteiger partial charge on any atom is 0.331 e. The number of carbonyl (C=O) groups excluding carboxylic acids is 1. The Morgan fingerprint density at radius 3 is 2.76 bits per heavy atom. The smallest absolute Gasteiger partial charge is 0.331 e. The van der Waals surface area contributed by atoms with Crippen LogP contribution in [0.15, 0.2) is 0 Å². The molecule has 4 N–H and O–H groups in total. The van der Waals surface area contributed by atoms with E-state index in [4.69, 9.17) is 5.73 Å². The standard InChI is InChI=1S/C12H22N2O3/c1-2-5-10(15)12(13,11(16)17)9-6-3-4-7-14-8-9/h9,14H,2-8,13H2,1H3,(H,16,17). The number of Topliss-reactive ketones (excluding diaryl/α,β-unsaturated/α-hetero) is 1. The largest absolute Gasteiger partial charge is 0.480 e. The van der Waals surface area contributed by atoms with Gasteiger partial charge >= 0.3 is 5.97 Å². The molecule has 0 spiro atoms. The van der Waals surface area contributed by atoms with Gasteiger partial charge in [-0.15, -0.1) is 0 Å². The summed E-state index contributed by atoms with van der Waals surface area (Å²) in [6, 6.07) is 0. The van der Waals surface area contributed by atoms with E-state index in [2.05, 4.69) is 5.32 Å². The molecule has 1 fully saturated rings. The molecule has 0 aromatic heterocycles. The lowest BCUT2D eigenvalue weighted by Crippen LogP contribution is -2.62. The number of carbonyl (C=O) groups is 2. The molecule has 0 amide bonds. The molecule has 5 heteroatoms. The second-order valence-corrected chi connectivity index (χ2v) is 4.74. The molecule has 1 saturated heterocycles. The van der Waals surface area contributed by atoms with Gasteiger partial charge in [-0.25, -0.2) is 4.79 Å². The fourth-order valence-corrected chi connectivity index (χ4v) is 2.36. The SMILES string of the molecule is CCCC(=O)C(N)(C(=O)O)C1CCCCNC1. The molecule has 0 bridgehead atoms. The summed E-state index contributed by atoms with van der Waals surface area (Å²) in [4.78, 5) is 23.4. The van der Waals surface area contributed by atoms with Crippen molar-refractivity contribution in [1.82, 2.24) is 5.32 Å². The molecule has 0 aliphatic carbocycles. The van der Waals surface area contributed by atoms with Crippen LogP contribution in [0, 0.1) is 5.92 Å². The van der Waals surface area contributed by atoms with Gasteiger partial charge in [-0.05, 0) is 25.8 Å². The zero-order valence-corrected chi connectivity index (χ0v) is 10.4. The van der Waals surface area contributed by atoms with Crippen LogP contribution in [-0.2, 0) is 9.59 Å². The number of rotatable bonds is 5. The van der Waals surface area contributed by atoms with Crippen molar-refractivity contribution in [1.29, 1.82) is 0 Å². The van der Waals surface area contributed by atoms with Crippen LogP contribution < -0.4 is 11.1 Å². The van der Waals surface area contributed by atoms with Crippen LogP contribution in [0.1, 0.15) is 39.0 Å². The predicted molar refractivity (Wildman–Crippen MR) is 64.7 cm³/mol. The molecule has 0 radical (unpaired) electrons. The van der Waals surface area contributed by atoms with Gasteiger partial charge in [0.2, 0.25) is 0 Å². The minimum Gasteiger partial charge on any atom is -0.480 e. The summed E-state index contributed by atoms with van der Waals surface area (Å²) in [5.74, 6) is -1.84. The first kappa shape index (κ1) is 14.1. The Hall–Kier alpha value is -0.940. The van der Waals surface area contributed by atoms with Gasteiger partial charge in [0.15, 0.2) is 11.3 Å². The fourth-order valence-electron chi connectivity index (χ4n) is 2.36. The molecular weight excluding hydrogens is 220 g/mol. The molecule has 98 valence electrons. The summed E-state index contributed by atoms with van der Waals surface area (Å²) in [6.45, 7) is 3.23. The van der Waals surface area contributed by atoms with Crippen molar-refractivity contribution in [2.45, 2.75) is 44.6 Å². The molecule has 17 heavy (non-hydrogen) atoms. The third-order valence-electron chi connectivity index (χ3n) is 3.48. The van der Waals surface area contributed by atoms with Crippen LogP contribution in [0.4, 0.5) is 0 Å². The maximum atomic E-state index is 12.0. The second kappa shape index (κ2) is 6.12. The molecule has 0 aromatic carbocycles. The van der Waals surface area contributed by atoms with E-state index >= 15 is 0 Å². The minimum atomic E-state index is -1.71. The Morgan fingerprint density at radius 2 is 2.18 bits per heavy atom. The monoisotopic (exact) mass is 242 g/mol. The number of aliphatic carboxylic acids is 1. The lowest BCUT2D eigenvalue weighted by molar-refractivity contribution is -0.151. The van der Waals surface area contributed by atoms with Crippen LogP contribution in [0.2, 0.25) is 0 Å². The summed E-state index contributed by atoms with van der Waals surface area (Å²) >= 11 is 0. The lowest BCUT2D eigenvalue weighted by atomic mass is 9.77. The van der Waals surface area contributed by atoms with E-state index in [1.807, 2.05) is 6.92 Å². The number of ketones is 1. The average Bonchev–Trinajstić information content (AvgIpc) is 2.56. The molecule has 0 saturated carbocycles. The highest BCUT2D eigenvalue weighted by Gasteiger charge is 2.47. The Kier molecular flexibility index (Phi) is 5.08. The summed E-state index contributed by atoms with van der Waals surface area (Å²) in [7, 11) is 0. The predicted octanol–water partition coefficient (Wildman–Crippen LogP) is 0.527. The molecule has 1 aliphatic rings.